The molecule has 0 aromatic rings. The number of amides is 2. The molecule has 9 nitrogen and oxygen atoms in total. The second kappa shape index (κ2) is 12.1. The third-order valence-electron chi connectivity index (χ3n) is 4.12. The summed E-state index contributed by atoms with van der Waals surface area (Å²) in [5.41, 5.74) is 0. The number of rotatable bonds is 10. The highest BCUT2D eigenvalue weighted by Gasteiger charge is 2.55. The Labute approximate surface area is 173 Å². The Morgan fingerprint density at radius 2 is 1.68 bits per heavy atom. The molecule has 28 heavy (non-hydrogen) atoms. The van der Waals surface area contributed by atoms with Crippen LogP contribution in [-0.2, 0) is 23.8 Å². The summed E-state index contributed by atoms with van der Waals surface area (Å²) in [6.07, 6.45) is 1.13. The Morgan fingerprint density at radius 3 is 2.21 bits per heavy atom. The number of carbonyl (C=O) groups excluding carboxylic acids is 4. The van der Waals surface area contributed by atoms with Crippen molar-refractivity contribution in [3.8, 4) is 0 Å². The van der Waals surface area contributed by atoms with Gasteiger partial charge < -0.3 is 24.8 Å². The molecule has 1 heterocycles. The highest BCUT2D eigenvalue weighted by atomic mass is 32.2. The number of thioether (sulfide) groups is 2. The molecule has 1 rings (SSSR count). The summed E-state index contributed by atoms with van der Waals surface area (Å²) in [6.45, 7) is 3.76. The summed E-state index contributed by atoms with van der Waals surface area (Å²) < 4.78 is 13.5. The maximum Gasteiger partial charge on any atom is 0.407 e. The van der Waals surface area contributed by atoms with Crippen molar-refractivity contribution in [2.24, 2.45) is 0 Å². The number of esters is 1. The first-order valence-corrected chi connectivity index (χ1v) is 11.2. The van der Waals surface area contributed by atoms with Gasteiger partial charge in [-0.1, -0.05) is 0 Å². The van der Waals surface area contributed by atoms with Crippen molar-refractivity contribution in [2.45, 2.75) is 49.3 Å². The molecule has 2 amide bonds. The normalized spacial score (nSPS) is 23.6. The van der Waals surface area contributed by atoms with Crippen molar-refractivity contribution >= 4 is 47.5 Å². The second-order valence-corrected chi connectivity index (χ2v) is 8.43. The Morgan fingerprint density at radius 1 is 1.07 bits per heavy atom. The van der Waals surface area contributed by atoms with E-state index in [0.717, 1.165) is 0 Å². The van der Waals surface area contributed by atoms with E-state index in [1.54, 1.807) is 20.1 Å². The molecular weight excluding hydrogens is 408 g/mol. The molecule has 0 saturated carbocycles. The van der Waals surface area contributed by atoms with Gasteiger partial charge in [0.25, 0.3) is 0 Å². The second-order valence-electron chi connectivity index (χ2n) is 5.85. The van der Waals surface area contributed by atoms with Gasteiger partial charge in [-0.15, -0.1) is 23.5 Å². The summed E-state index contributed by atoms with van der Waals surface area (Å²) in [7, 11) is 1.30. The standard InChI is InChI=1S/C17H28N2O7S2/c1-5-25-15(22)18-11-10-28-17(27-4,14(11)19-16(23)26-6-2)12(20)8-7-9-13(21)24-3/h11,14H,5-10H2,1-4H3,(H,18,22)(H,19,23)/t11-,14+,17?/m1/s1. The first kappa shape index (κ1) is 24.4. The molecule has 0 radical (unpaired) electrons. The first-order chi connectivity index (χ1) is 13.3. The van der Waals surface area contributed by atoms with E-state index in [2.05, 4.69) is 15.4 Å². The zero-order chi connectivity index (χ0) is 21.2. The molecule has 1 fully saturated rings. The van der Waals surface area contributed by atoms with Gasteiger partial charge in [-0.05, 0) is 26.5 Å². The van der Waals surface area contributed by atoms with Crippen molar-refractivity contribution in [1.29, 1.82) is 0 Å². The predicted molar refractivity (Wildman–Crippen MR) is 107 cm³/mol. The summed E-state index contributed by atoms with van der Waals surface area (Å²) in [5, 5.41) is 5.44. The van der Waals surface area contributed by atoms with Crippen LogP contribution in [0.15, 0.2) is 0 Å². The highest BCUT2D eigenvalue weighted by Crippen LogP contribution is 2.47. The predicted octanol–water partition coefficient (Wildman–Crippen LogP) is 1.93. The number of ketones is 1. The lowest BCUT2D eigenvalue weighted by Gasteiger charge is -2.34. The van der Waals surface area contributed by atoms with Gasteiger partial charge in [0.15, 0.2) is 5.78 Å². The van der Waals surface area contributed by atoms with Crippen LogP contribution in [-0.4, -0.2) is 72.4 Å². The summed E-state index contributed by atoms with van der Waals surface area (Å²) in [4.78, 5) is 48.3. The fourth-order valence-corrected chi connectivity index (χ4v) is 5.68. The summed E-state index contributed by atoms with van der Waals surface area (Å²) in [5.74, 6) is -0.0866. The number of hydrogen-bond donors (Lipinski definition) is 2. The molecule has 0 aromatic heterocycles. The number of hydrogen-bond acceptors (Lipinski definition) is 9. The lowest BCUT2D eigenvalue weighted by Crippen LogP contribution is -2.59. The lowest BCUT2D eigenvalue weighted by molar-refractivity contribution is -0.140. The maximum absolute atomic E-state index is 13.0. The fourth-order valence-electron chi connectivity index (χ4n) is 2.83. The van der Waals surface area contributed by atoms with Gasteiger partial charge in [-0.25, -0.2) is 9.59 Å². The Kier molecular flexibility index (Phi) is 10.5. The van der Waals surface area contributed by atoms with E-state index >= 15 is 0 Å². The van der Waals surface area contributed by atoms with E-state index in [1.807, 2.05) is 0 Å². The Hall–Kier alpha value is -1.62. The van der Waals surface area contributed by atoms with Gasteiger partial charge in [0.2, 0.25) is 0 Å². The van der Waals surface area contributed by atoms with Crippen LogP contribution in [0.25, 0.3) is 0 Å². The molecule has 3 atom stereocenters. The van der Waals surface area contributed by atoms with Crippen molar-refractivity contribution in [3.63, 3.8) is 0 Å². The van der Waals surface area contributed by atoms with Crippen molar-refractivity contribution < 1.29 is 33.4 Å². The van der Waals surface area contributed by atoms with Gasteiger partial charge in [-0.2, -0.15) is 0 Å². The van der Waals surface area contributed by atoms with Crippen LogP contribution >= 0.6 is 23.5 Å². The number of methoxy groups -OCH3 is 1. The molecule has 0 aliphatic carbocycles. The van der Waals surface area contributed by atoms with Crippen LogP contribution in [0.1, 0.15) is 33.1 Å². The van der Waals surface area contributed by atoms with E-state index < -0.39 is 28.3 Å². The van der Waals surface area contributed by atoms with Crippen LogP contribution in [0.3, 0.4) is 0 Å². The molecule has 0 bridgehead atoms. The van der Waals surface area contributed by atoms with Crippen molar-refractivity contribution in [3.05, 3.63) is 0 Å². The number of alkyl carbamates (subject to hydrolysis) is 2. The number of nitrogens with one attached hydrogen (secondary N) is 2. The van der Waals surface area contributed by atoms with E-state index in [0.29, 0.717) is 12.2 Å². The van der Waals surface area contributed by atoms with E-state index in [4.69, 9.17) is 9.47 Å². The van der Waals surface area contributed by atoms with Gasteiger partial charge in [0, 0.05) is 18.6 Å². The number of Topliss-reactive ketones (excluding diaryl/α,β-unsaturated/α-hetero) is 1. The molecule has 1 saturated heterocycles. The van der Waals surface area contributed by atoms with E-state index in [1.165, 1.54) is 30.6 Å². The smallest absolute Gasteiger partial charge is 0.407 e. The topological polar surface area (TPSA) is 120 Å². The van der Waals surface area contributed by atoms with Crippen LogP contribution in [0.4, 0.5) is 9.59 Å². The van der Waals surface area contributed by atoms with Crippen LogP contribution < -0.4 is 10.6 Å². The minimum atomic E-state index is -1.01. The third-order valence-corrected chi connectivity index (χ3v) is 7.50. The maximum atomic E-state index is 13.0. The molecule has 0 spiro atoms. The Bertz CT molecular complexity index is 576. The number of ether oxygens (including phenoxy) is 3. The van der Waals surface area contributed by atoms with E-state index in [-0.39, 0.29) is 37.8 Å². The molecular formula is C17H28N2O7S2. The van der Waals surface area contributed by atoms with Gasteiger partial charge >= 0.3 is 18.2 Å². The molecule has 1 aliphatic heterocycles. The highest BCUT2D eigenvalue weighted by molar-refractivity contribution is 8.19. The minimum absolute atomic E-state index is 0.121. The molecule has 0 aromatic carbocycles. The van der Waals surface area contributed by atoms with Crippen LogP contribution in [0.5, 0.6) is 0 Å². The molecule has 11 heteroatoms. The lowest BCUT2D eigenvalue weighted by atomic mass is 9.99. The fraction of sp³-hybridized carbons (Fsp3) is 0.765. The zero-order valence-electron chi connectivity index (χ0n) is 16.6. The minimum Gasteiger partial charge on any atom is -0.469 e. The molecule has 2 N–H and O–H groups in total. The van der Waals surface area contributed by atoms with Crippen molar-refractivity contribution in [1.82, 2.24) is 10.6 Å². The summed E-state index contributed by atoms with van der Waals surface area (Å²) >= 11 is 2.66. The SMILES string of the molecule is CCOC(=O)N[C@@H]1CSC(SC)(C(=O)CCCC(=O)OC)[C@H]1NC(=O)OCC. The largest absolute Gasteiger partial charge is 0.469 e. The average Bonchev–Trinajstić information content (AvgIpc) is 3.00. The molecule has 1 unspecified atom stereocenters. The molecule has 1 aliphatic rings. The third kappa shape index (κ3) is 6.47. The molecule has 160 valence electrons. The van der Waals surface area contributed by atoms with Gasteiger partial charge in [-0.3, -0.25) is 9.59 Å². The van der Waals surface area contributed by atoms with Crippen LogP contribution in [0.2, 0.25) is 0 Å². The van der Waals surface area contributed by atoms with Crippen LogP contribution in [0, 0.1) is 0 Å². The quantitative estimate of drug-likeness (QED) is 0.391. The van der Waals surface area contributed by atoms with Gasteiger partial charge in [0.1, 0.15) is 4.08 Å². The average molecular weight is 437 g/mol. The van der Waals surface area contributed by atoms with E-state index in [9.17, 15) is 19.2 Å². The number of carbonyl (C=O) groups is 4. The first-order valence-electron chi connectivity index (χ1n) is 9.00. The zero-order valence-corrected chi connectivity index (χ0v) is 18.2. The summed E-state index contributed by atoms with van der Waals surface area (Å²) in [6, 6.07) is -1.20. The monoisotopic (exact) mass is 436 g/mol. The Balaban J connectivity index is 2.97. The van der Waals surface area contributed by atoms with Crippen molar-refractivity contribution in [2.75, 3.05) is 32.3 Å². The van der Waals surface area contributed by atoms with Gasteiger partial charge in [0.05, 0.1) is 32.4 Å².